The quantitative estimate of drug-likeness (QED) is 0.625. The Hall–Kier alpha value is -2.04. The second-order valence-electron chi connectivity index (χ2n) is 7.00. The number of nitrogens with one attached hydrogen (secondary N) is 2. The average Bonchev–Trinajstić information content (AvgIpc) is 3.26. The molecule has 1 aliphatic heterocycles. The number of nitrogens with zero attached hydrogens (tertiary/aromatic N) is 3. The number of rotatable bonds is 6. The highest BCUT2D eigenvalue weighted by Gasteiger charge is 2.29. The number of H-pyrrole nitrogens is 1. The van der Waals surface area contributed by atoms with Crippen molar-refractivity contribution in [2.45, 2.75) is 39.5 Å². The van der Waals surface area contributed by atoms with E-state index in [1.54, 1.807) is 0 Å². The molecule has 1 aromatic heterocycles. The number of aliphatic imine (C=N–C) groups is 1. The lowest BCUT2D eigenvalue weighted by molar-refractivity contribution is 0.319. The van der Waals surface area contributed by atoms with Crippen molar-refractivity contribution in [1.82, 2.24) is 20.2 Å². The van der Waals surface area contributed by atoms with E-state index in [1.165, 1.54) is 19.3 Å². The summed E-state index contributed by atoms with van der Waals surface area (Å²) >= 11 is 0. The molecule has 3 rings (SSSR count). The van der Waals surface area contributed by atoms with Gasteiger partial charge in [0.2, 0.25) is 0 Å². The normalized spacial score (nSPS) is 18.5. The third-order valence-corrected chi connectivity index (χ3v) is 5.53. The summed E-state index contributed by atoms with van der Waals surface area (Å²) in [6.45, 7) is 7.73. The number of benzene rings is 1. The van der Waals surface area contributed by atoms with Gasteiger partial charge in [-0.25, -0.2) is 4.98 Å². The number of aromatic nitrogens is 2. The summed E-state index contributed by atoms with van der Waals surface area (Å²) in [5, 5.41) is 3.52. The Morgan fingerprint density at radius 3 is 2.88 bits per heavy atom. The van der Waals surface area contributed by atoms with Gasteiger partial charge in [-0.1, -0.05) is 38.8 Å². The van der Waals surface area contributed by atoms with Crippen molar-refractivity contribution in [2.75, 3.05) is 26.7 Å². The van der Waals surface area contributed by atoms with Crippen molar-refractivity contribution >= 4 is 17.0 Å². The van der Waals surface area contributed by atoms with Gasteiger partial charge in [0.05, 0.1) is 11.0 Å². The van der Waals surface area contributed by atoms with E-state index in [-0.39, 0.29) is 0 Å². The molecule has 0 radical (unpaired) electrons. The molecule has 1 aliphatic rings. The number of fused-ring (bicyclic) bond motifs is 1. The van der Waals surface area contributed by atoms with Crippen LogP contribution in [0.25, 0.3) is 11.0 Å². The van der Waals surface area contributed by atoms with Crippen LogP contribution in [0.1, 0.15) is 38.9 Å². The Bertz CT molecular complexity index is 668. The zero-order chi connectivity index (χ0) is 17.6. The molecular formula is C20H31N5. The van der Waals surface area contributed by atoms with Crippen molar-refractivity contribution in [3.8, 4) is 0 Å². The highest BCUT2D eigenvalue weighted by Crippen LogP contribution is 2.28. The van der Waals surface area contributed by atoms with Gasteiger partial charge in [0.1, 0.15) is 5.82 Å². The fourth-order valence-electron chi connectivity index (χ4n) is 4.07. The molecule has 1 saturated heterocycles. The number of guanidine groups is 1. The van der Waals surface area contributed by atoms with E-state index in [1.807, 2.05) is 25.2 Å². The van der Waals surface area contributed by atoms with Crippen molar-refractivity contribution in [2.24, 2.45) is 16.8 Å². The molecule has 2 aromatic rings. The summed E-state index contributed by atoms with van der Waals surface area (Å²) in [6, 6.07) is 8.18. The molecule has 1 atom stereocenters. The first-order valence-electron chi connectivity index (χ1n) is 9.64. The maximum absolute atomic E-state index is 4.64. The molecule has 2 heterocycles. The van der Waals surface area contributed by atoms with E-state index in [2.05, 4.69) is 45.1 Å². The van der Waals surface area contributed by atoms with E-state index in [0.29, 0.717) is 0 Å². The summed E-state index contributed by atoms with van der Waals surface area (Å²) in [6.07, 6.45) is 4.73. The molecule has 1 unspecified atom stereocenters. The monoisotopic (exact) mass is 341 g/mol. The molecule has 136 valence electrons. The van der Waals surface area contributed by atoms with E-state index >= 15 is 0 Å². The third kappa shape index (κ3) is 4.14. The maximum atomic E-state index is 4.64. The molecular weight excluding hydrogens is 310 g/mol. The molecule has 0 spiro atoms. The van der Waals surface area contributed by atoms with E-state index in [9.17, 15) is 0 Å². The standard InChI is InChI=1S/C20H31N5/c1-4-15(5-2)16-11-13-25(14-16)20(21-3)22-12-10-19-23-17-8-6-7-9-18(17)24-19/h6-9,15-16H,4-5,10-14H2,1-3H3,(H,21,22)(H,23,24). The van der Waals surface area contributed by atoms with Crippen LogP contribution in [0.15, 0.2) is 29.3 Å². The second kappa shape index (κ2) is 8.37. The predicted octanol–water partition coefficient (Wildman–Crippen LogP) is 3.44. The van der Waals surface area contributed by atoms with Crippen molar-refractivity contribution in [3.05, 3.63) is 30.1 Å². The van der Waals surface area contributed by atoms with Crippen LogP contribution in [-0.2, 0) is 6.42 Å². The van der Waals surface area contributed by atoms with Gasteiger partial charge in [0, 0.05) is 33.1 Å². The molecule has 1 aromatic carbocycles. The number of likely N-dealkylation sites (tertiary alicyclic amines) is 1. The lowest BCUT2D eigenvalue weighted by atomic mass is 9.87. The largest absolute Gasteiger partial charge is 0.356 e. The summed E-state index contributed by atoms with van der Waals surface area (Å²) in [4.78, 5) is 14.9. The van der Waals surface area contributed by atoms with Crippen LogP contribution in [0.5, 0.6) is 0 Å². The first-order valence-corrected chi connectivity index (χ1v) is 9.64. The van der Waals surface area contributed by atoms with Crippen LogP contribution < -0.4 is 5.32 Å². The highest BCUT2D eigenvalue weighted by atomic mass is 15.3. The van der Waals surface area contributed by atoms with E-state index < -0.39 is 0 Å². The lowest BCUT2D eigenvalue weighted by Gasteiger charge is -2.24. The minimum Gasteiger partial charge on any atom is -0.356 e. The number of para-hydroxylation sites is 2. The van der Waals surface area contributed by atoms with Crippen LogP contribution >= 0.6 is 0 Å². The lowest BCUT2D eigenvalue weighted by Crippen LogP contribution is -2.41. The van der Waals surface area contributed by atoms with Gasteiger partial charge < -0.3 is 15.2 Å². The summed E-state index contributed by atoms with van der Waals surface area (Å²) in [5.41, 5.74) is 2.14. The molecule has 0 saturated carbocycles. The molecule has 0 aliphatic carbocycles. The zero-order valence-corrected chi connectivity index (χ0v) is 15.8. The van der Waals surface area contributed by atoms with Crippen molar-refractivity contribution < 1.29 is 0 Å². The second-order valence-corrected chi connectivity index (χ2v) is 7.00. The Labute approximate surface area is 150 Å². The maximum Gasteiger partial charge on any atom is 0.193 e. The van der Waals surface area contributed by atoms with E-state index in [4.69, 9.17) is 0 Å². The first kappa shape index (κ1) is 17.8. The minimum atomic E-state index is 0.809. The first-order chi connectivity index (χ1) is 12.2. The van der Waals surface area contributed by atoms with Crippen LogP contribution in [0.4, 0.5) is 0 Å². The van der Waals surface area contributed by atoms with Gasteiger partial charge >= 0.3 is 0 Å². The van der Waals surface area contributed by atoms with Gasteiger partial charge in [0.15, 0.2) is 5.96 Å². The average molecular weight is 342 g/mol. The van der Waals surface area contributed by atoms with Gasteiger partial charge in [-0.3, -0.25) is 4.99 Å². The van der Waals surface area contributed by atoms with Gasteiger partial charge in [-0.2, -0.15) is 0 Å². The molecule has 0 bridgehead atoms. The minimum absolute atomic E-state index is 0.809. The zero-order valence-electron chi connectivity index (χ0n) is 15.8. The molecule has 5 nitrogen and oxygen atoms in total. The summed E-state index contributed by atoms with van der Waals surface area (Å²) < 4.78 is 0. The Morgan fingerprint density at radius 2 is 2.16 bits per heavy atom. The molecule has 25 heavy (non-hydrogen) atoms. The SMILES string of the molecule is CCC(CC)C1CCN(C(=NC)NCCc2nc3ccccc3[nH]2)C1. The van der Waals surface area contributed by atoms with Gasteiger partial charge in [-0.05, 0) is 30.4 Å². The molecule has 2 N–H and O–H groups in total. The molecule has 0 amide bonds. The Balaban J connectivity index is 1.51. The molecule has 1 fully saturated rings. The van der Waals surface area contributed by atoms with Gasteiger partial charge in [0.25, 0.3) is 0 Å². The summed E-state index contributed by atoms with van der Waals surface area (Å²) in [7, 11) is 1.88. The fourth-order valence-corrected chi connectivity index (χ4v) is 4.07. The van der Waals surface area contributed by atoms with Crippen LogP contribution in [0.2, 0.25) is 0 Å². The number of imidazole rings is 1. The fraction of sp³-hybridized carbons (Fsp3) is 0.600. The van der Waals surface area contributed by atoms with Crippen LogP contribution in [-0.4, -0.2) is 47.5 Å². The Morgan fingerprint density at radius 1 is 1.36 bits per heavy atom. The topological polar surface area (TPSA) is 56.3 Å². The molecule has 5 heteroatoms. The predicted molar refractivity (Wildman–Crippen MR) is 105 cm³/mol. The van der Waals surface area contributed by atoms with Gasteiger partial charge in [-0.15, -0.1) is 0 Å². The number of aromatic amines is 1. The Kier molecular flexibility index (Phi) is 5.95. The number of hydrogen-bond donors (Lipinski definition) is 2. The van der Waals surface area contributed by atoms with Crippen LogP contribution in [0.3, 0.4) is 0 Å². The highest BCUT2D eigenvalue weighted by molar-refractivity contribution is 5.80. The number of hydrogen-bond acceptors (Lipinski definition) is 2. The smallest absolute Gasteiger partial charge is 0.193 e. The van der Waals surface area contributed by atoms with Crippen LogP contribution in [0, 0.1) is 11.8 Å². The summed E-state index contributed by atoms with van der Waals surface area (Å²) in [5.74, 6) is 3.72. The van der Waals surface area contributed by atoms with E-state index in [0.717, 1.165) is 60.7 Å². The third-order valence-electron chi connectivity index (χ3n) is 5.53. The van der Waals surface area contributed by atoms with Crippen molar-refractivity contribution in [3.63, 3.8) is 0 Å². The van der Waals surface area contributed by atoms with Crippen molar-refractivity contribution in [1.29, 1.82) is 0 Å².